The van der Waals surface area contributed by atoms with Gasteiger partial charge in [0, 0.05) is 26.2 Å². The highest BCUT2D eigenvalue weighted by molar-refractivity contribution is 5.69. The molecule has 1 fully saturated rings. The molecule has 110 valence electrons. The summed E-state index contributed by atoms with van der Waals surface area (Å²) in [5, 5.41) is 18.5. The molecular weight excluding hydrogens is 270 g/mol. The zero-order chi connectivity index (χ0) is 15.2. The first-order valence-corrected chi connectivity index (χ1v) is 6.66. The maximum absolute atomic E-state index is 11.7. The molecule has 0 unspecified atom stereocenters. The smallest absolute Gasteiger partial charge is 0.410 e. The lowest BCUT2D eigenvalue weighted by Crippen LogP contribution is -2.49. The Morgan fingerprint density at radius 1 is 1.43 bits per heavy atom. The predicted octanol–water partition coefficient (Wildman–Crippen LogP) is 1.71. The number of aromatic hydroxyl groups is 1. The molecule has 0 atom stereocenters. The van der Waals surface area contributed by atoms with Gasteiger partial charge in [-0.15, -0.1) is 0 Å². The average Bonchev–Trinajstić information content (AvgIpc) is 2.52. The fraction of sp³-hybridized carbons (Fsp3) is 0.333. The van der Waals surface area contributed by atoms with Crippen molar-refractivity contribution in [2.24, 2.45) is 0 Å². The van der Waals surface area contributed by atoms with Gasteiger partial charge in [-0.25, -0.2) is 4.79 Å². The largest absolute Gasteiger partial charge is 0.508 e. The Morgan fingerprint density at radius 3 is 2.76 bits per heavy atom. The monoisotopic (exact) mass is 287 g/mol. The van der Waals surface area contributed by atoms with E-state index in [-0.39, 0.29) is 18.4 Å². The van der Waals surface area contributed by atoms with Crippen LogP contribution in [0.5, 0.6) is 5.75 Å². The number of phenols is 1. The van der Waals surface area contributed by atoms with Gasteiger partial charge < -0.3 is 19.6 Å². The maximum Gasteiger partial charge on any atom is 0.410 e. The number of benzene rings is 1. The minimum Gasteiger partial charge on any atom is -0.508 e. The molecule has 1 aliphatic rings. The number of anilines is 1. The molecule has 2 rings (SSSR count). The highest BCUT2D eigenvalue weighted by Gasteiger charge is 2.23. The van der Waals surface area contributed by atoms with Crippen molar-refractivity contribution in [2.45, 2.75) is 0 Å². The van der Waals surface area contributed by atoms with E-state index in [9.17, 15) is 9.90 Å². The van der Waals surface area contributed by atoms with Crippen LogP contribution in [-0.4, -0.2) is 48.9 Å². The molecule has 1 aliphatic heterocycles. The summed E-state index contributed by atoms with van der Waals surface area (Å²) < 4.78 is 5.00. The number of phenolic OH excluding ortho intramolecular Hbond substituents is 1. The summed E-state index contributed by atoms with van der Waals surface area (Å²) in [6.45, 7) is 5.99. The number of nitrogens with zero attached hydrogens (tertiary/aromatic N) is 3. The van der Waals surface area contributed by atoms with E-state index < -0.39 is 0 Å². The number of amides is 1. The van der Waals surface area contributed by atoms with E-state index in [4.69, 9.17) is 10.00 Å². The van der Waals surface area contributed by atoms with E-state index in [2.05, 4.69) is 12.6 Å². The topological polar surface area (TPSA) is 76.8 Å². The Hall–Kier alpha value is -2.68. The van der Waals surface area contributed by atoms with E-state index in [0.29, 0.717) is 31.7 Å². The maximum atomic E-state index is 11.7. The minimum absolute atomic E-state index is 0.0712. The molecule has 21 heavy (non-hydrogen) atoms. The van der Waals surface area contributed by atoms with Gasteiger partial charge in [-0.05, 0) is 18.2 Å². The molecule has 1 aromatic carbocycles. The van der Waals surface area contributed by atoms with Gasteiger partial charge in [0.25, 0.3) is 0 Å². The fourth-order valence-electron chi connectivity index (χ4n) is 2.24. The third-order valence-corrected chi connectivity index (χ3v) is 3.30. The van der Waals surface area contributed by atoms with Gasteiger partial charge >= 0.3 is 6.09 Å². The molecule has 1 N–H and O–H groups in total. The molecule has 6 heteroatoms. The summed E-state index contributed by atoms with van der Waals surface area (Å²) in [6, 6.07) is 6.80. The van der Waals surface area contributed by atoms with E-state index in [1.165, 1.54) is 12.1 Å². The van der Waals surface area contributed by atoms with Crippen LogP contribution >= 0.6 is 0 Å². The van der Waals surface area contributed by atoms with Crippen LogP contribution in [0.4, 0.5) is 10.5 Å². The van der Waals surface area contributed by atoms with Crippen LogP contribution in [-0.2, 0) is 4.74 Å². The first-order chi connectivity index (χ1) is 10.2. The molecule has 1 heterocycles. The number of hydrogen-bond donors (Lipinski definition) is 1. The van der Waals surface area contributed by atoms with Gasteiger partial charge in [-0.1, -0.05) is 12.7 Å². The summed E-state index contributed by atoms with van der Waals surface area (Å²) in [4.78, 5) is 15.4. The zero-order valence-corrected chi connectivity index (χ0v) is 11.7. The van der Waals surface area contributed by atoms with Crippen LogP contribution in [0, 0.1) is 11.3 Å². The Morgan fingerprint density at radius 2 is 2.14 bits per heavy atom. The predicted molar refractivity (Wildman–Crippen MR) is 78.2 cm³/mol. The minimum atomic E-state index is -0.347. The molecule has 0 aliphatic carbocycles. The van der Waals surface area contributed by atoms with Crippen molar-refractivity contribution in [3.63, 3.8) is 0 Å². The molecule has 1 saturated heterocycles. The number of rotatable bonds is 3. The lowest BCUT2D eigenvalue weighted by Gasteiger charge is -2.35. The van der Waals surface area contributed by atoms with E-state index in [1.807, 2.05) is 4.90 Å². The second kappa shape index (κ2) is 6.66. The van der Waals surface area contributed by atoms with Gasteiger partial charge in [0.2, 0.25) is 0 Å². The van der Waals surface area contributed by atoms with Crippen LogP contribution in [0.2, 0.25) is 0 Å². The number of piperazine rings is 1. The molecule has 0 saturated carbocycles. The number of nitriles is 1. The normalized spacial score (nSPS) is 14.4. The molecule has 1 aromatic rings. The number of ether oxygens (including phenoxy) is 1. The zero-order valence-electron chi connectivity index (χ0n) is 11.7. The third-order valence-electron chi connectivity index (χ3n) is 3.30. The van der Waals surface area contributed by atoms with Crippen LogP contribution in [0.1, 0.15) is 5.56 Å². The summed E-state index contributed by atoms with van der Waals surface area (Å²) in [5.41, 5.74) is 1.20. The van der Waals surface area contributed by atoms with Crippen LogP contribution in [0.25, 0.3) is 0 Å². The van der Waals surface area contributed by atoms with Crippen molar-refractivity contribution in [1.82, 2.24) is 4.90 Å². The summed E-state index contributed by atoms with van der Waals surface area (Å²) in [6.07, 6.45) is 1.19. The van der Waals surface area contributed by atoms with E-state index in [1.54, 1.807) is 17.0 Å². The van der Waals surface area contributed by atoms with Gasteiger partial charge in [0.15, 0.2) is 0 Å². The molecule has 0 spiro atoms. The van der Waals surface area contributed by atoms with Gasteiger partial charge in [-0.3, -0.25) is 0 Å². The Balaban J connectivity index is 2.00. The SMILES string of the molecule is C=CCOC(=O)N1CCN(c2ccc(O)cc2C#N)CC1. The quantitative estimate of drug-likeness (QED) is 0.856. The van der Waals surface area contributed by atoms with Crippen molar-refractivity contribution >= 4 is 11.8 Å². The van der Waals surface area contributed by atoms with Gasteiger partial charge in [-0.2, -0.15) is 5.26 Å². The van der Waals surface area contributed by atoms with Crippen molar-refractivity contribution in [2.75, 3.05) is 37.7 Å². The van der Waals surface area contributed by atoms with E-state index in [0.717, 1.165) is 5.69 Å². The molecule has 0 bridgehead atoms. The highest BCUT2D eigenvalue weighted by atomic mass is 16.6. The van der Waals surface area contributed by atoms with Crippen molar-refractivity contribution < 1.29 is 14.6 Å². The van der Waals surface area contributed by atoms with Crippen LogP contribution in [0.3, 0.4) is 0 Å². The third kappa shape index (κ3) is 3.45. The second-order valence-corrected chi connectivity index (χ2v) is 4.65. The van der Waals surface area contributed by atoms with Crippen LogP contribution < -0.4 is 4.90 Å². The van der Waals surface area contributed by atoms with E-state index >= 15 is 0 Å². The lowest BCUT2D eigenvalue weighted by molar-refractivity contribution is 0.110. The first-order valence-electron chi connectivity index (χ1n) is 6.66. The summed E-state index contributed by atoms with van der Waals surface area (Å²) in [5.74, 6) is 0.0712. The second-order valence-electron chi connectivity index (χ2n) is 4.65. The van der Waals surface area contributed by atoms with Crippen LogP contribution in [0.15, 0.2) is 30.9 Å². The molecular formula is C15H17N3O3. The fourth-order valence-corrected chi connectivity index (χ4v) is 2.24. The standard InChI is InChI=1S/C15H17N3O3/c1-2-9-21-15(20)18-7-5-17(6-8-18)14-4-3-13(19)10-12(14)11-16/h2-4,10,19H,1,5-9H2. The highest BCUT2D eigenvalue weighted by Crippen LogP contribution is 2.25. The lowest BCUT2D eigenvalue weighted by atomic mass is 10.1. The average molecular weight is 287 g/mol. The molecule has 6 nitrogen and oxygen atoms in total. The van der Waals surface area contributed by atoms with Crippen molar-refractivity contribution in [3.8, 4) is 11.8 Å². The van der Waals surface area contributed by atoms with Crippen molar-refractivity contribution in [3.05, 3.63) is 36.4 Å². The Kier molecular flexibility index (Phi) is 4.67. The molecule has 0 aromatic heterocycles. The van der Waals surface area contributed by atoms with Gasteiger partial charge in [0.05, 0.1) is 11.3 Å². The molecule has 1 amide bonds. The summed E-state index contributed by atoms with van der Waals surface area (Å²) >= 11 is 0. The molecule has 0 radical (unpaired) electrons. The Bertz CT molecular complexity index is 572. The Labute approximate surface area is 123 Å². The summed E-state index contributed by atoms with van der Waals surface area (Å²) in [7, 11) is 0. The number of carbonyl (C=O) groups excluding carboxylic acids is 1. The van der Waals surface area contributed by atoms with Gasteiger partial charge in [0.1, 0.15) is 18.4 Å². The number of hydrogen-bond acceptors (Lipinski definition) is 5. The van der Waals surface area contributed by atoms with Crippen molar-refractivity contribution in [1.29, 1.82) is 5.26 Å². The number of carbonyl (C=O) groups is 1. The first kappa shape index (κ1) is 14.7.